The zero-order chi connectivity index (χ0) is 12.3. The first kappa shape index (κ1) is 11.4. The molecular weight excluding hydrogens is 231 g/mol. The lowest BCUT2D eigenvalue weighted by molar-refractivity contribution is -0.153. The normalized spacial score (nSPS) is 18.4. The lowest BCUT2D eigenvalue weighted by atomic mass is 10.2. The number of rotatable bonds is 3. The van der Waals surface area contributed by atoms with Crippen molar-refractivity contribution in [2.75, 3.05) is 6.61 Å². The van der Waals surface area contributed by atoms with Crippen LogP contribution in [-0.2, 0) is 25.6 Å². The number of hydrogen-bond acceptors (Lipinski definition) is 5. The van der Waals surface area contributed by atoms with E-state index in [0.29, 0.717) is 5.56 Å². The van der Waals surface area contributed by atoms with Crippen LogP contribution in [0.4, 0.5) is 9.18 Å². The highest BCUT2D eigenvalue weighted by Crippen LogP contribution is 2.10. The quantitative estimate of drug-likeness (QED) is 0.747. The van der Waals surface area contributed by atoms with Crippen LogP contribution in [0.5, 0.6) is 0 Å². The fourth-order valence-electron chi connectivity index (χ4n) is 1.27. The standard InChI is InChI=1S/C11H9FO5/c12-8-3-1-7(2-4-8)5-15-10(13)9-6-16-11(14)17-9/h1-4,9H,5-6H2. The van der Waals surface area contributed by atoms with Crippen molar-refractivity contribution >= 4 is 12.1 Å². The zero-order valence-electron chi connectivity index (χ0n) is 8.72. The van der Waals surface area contributed by atoms with Gasteiger partial charge in [0.2, 0.25) is 6.10 Å². The summed E-state index contributed by atoms with van der Waals surface area (Å²) in [6.07, 6.45) is -1.89. The van der Waals surface area contributed by atoms with Crippen molar-refractivity contribution in [1.82, 2.24) is 0 Å². The third-order valence-electron chi connectivity index (χ3n) is 2.15. The number of halogens is 1. The predicted molar refractivity (Wildman–Crippen MR) is 52.4 cm³/mol. The van der Waals surface area contributed by atoms with Crippen LogP contribution >= 0.6 is 0 Å². The molecular formula is C11H9FO5. The fraction of sp³-hybridized carbons (Fsp3) is 0.273. The van der Waals surface area contributed by atoms with Crippen molar-refractivity contribution in [3.8, 4) is 0 Å². The van der Waals surface area contributed by atoms with Gasteiger partial charge in [0.25, 0.3) is 0 Å². The van der Waals surface area contributed by atoms with E-state index in [9.17, 15) is 14.0 Å². The van der Waals surface area contributed by atoms with Crippen LogP contribution < -0.4 is 0 Å². The van der Waals surface area contributed by atoms with Gasteiger partial charge in [0.1, 0.15) is 19.0 Å². The van der Waals surface area contributed by atoms with E-state index in [1.165, 1.54) is 24.3 Å². The Balaban J connectivity index is 1.84. The monoisotopic (exact) mass is 240 g/mol. The van der Waals surface area contributed by atoms with Gasteiger partial charge in [0, 0.05) is 0 Å². The van der Waals surface area contributed by atoms with Gasteiger partial charge in [0.05, 0.1) is 0 Å². The van der Waals surface area contributed by atoms with Gasteiger partial charge in [-0.2, -0.15) is 0 Å². The molecule has 90 valence electrons. The van der Waals surface area contributed by atoms with Crippen molar-refractivity contribution in [3.05, 3.63) is 35.6 Å². The highest BCUT2D eigenvalue weighted by atomic mass is 19.1. The van der Waals surface area contributed by atoms with Gasteiger partial charge in [-0.05, 0) is 17.7 Å². The van der Waals surface area contributed by atoms with Gasteiger partial charge in [0.15, 0.2) is 0 Å². The van der Waals surface area contributed by atoms with Crippen LogP contribution in [0.2, 0.25) is 0 Å². The van der Waals surface area contributed by atoms with E-state index < -0.39 is 18.2 Å². The van der Waals surface area contributed by atoms with Gasteiger partial charge >= 0.3 is 12.1 Å². The summed E-state index contributed by atoms with van der Waals surface area (Å²) in [4.78, 5) is 22.0. The van der Waals surface area contributed by atoms with Crippen molar-refractivity contribution in [2.45, 2.75) is 12.7 Å². The third-order valence-corrected chi connectivity index (χ3v) is 2.15. The maximum Gasteiger partial charge on any atom is 0.509 e. The molecule has 0 spiro atoms. The molecule has 0 aliphatic carbocycles. The molecule has 0 radical (unpaired) electrons. The predicted octanol–water partition coefficient (Wildman–Crippen LogP) is 1.40. The second-order valence-electron chi connectivity index (χ2n) is 3.40. The van der Waals surface area contributed by atoms with E-state index in [1.807, 2.05) is 0 Å². The van der Waals surface area contributed by atoms with Crippen LogP contribution in [0.25, 0.3) is 0 Å². The average Bonchev–Trinajstić information content (AvgIpc) is 2.75. The molecule has 1 atom stereocenters. The van der Waals surface area contributed by atoms with Crippen molar-refractivity contribution in [1.29, 1.82) is 0 Å². The zero-order valence-corrected chi connectivity index (χ0v) is 8.72. The van der Waals surface area contributed by atoms with E-state index in [1.54, 1.807) is 0 Å². The molecule has 1 aromatic carbocycles. The average molecular weight is 240 g/mol. The summed E-state index contributed by atoms with van der Waals surface area (Å²) in [5.74, 6) is -1.04. The highest BCUT2D eigenvalue weighted by molar-refractivity contribution is 5.79. The van der Waals surface area contributed by atoms with Crippen molar-refractivity contribution in [3.63, 3.8) is 0 Å². The van der Waals surface area contributed by atoms with Gasteiger partial charge < -0.3 is 14.2 Å². The summed E-state index contributed by atoms with van der Waals surface area (Å²) >= 11 is 0. The molecule has 1 aromatic rings. The molecule has 6 heteroatoms. The maximum atomic E-state index is 12.6. The van der Waals surface area contributed by atoms with Crippen molar-refractivity contribution in [2.24, 2.45) is 0 Å². The highest BCUT2D eigenvalue weighted by Gasteiger charge is 2.32. The molecule has 0 N–H and O–H groups in total. The number of hydrogen-bond donors (Lipinski definition) is 0. The molecule has 2 rings (SSSR count). The number of benzene rings is 1. The fourth-order valence-corrected chi connectivity index (χ4v) is 1.27. The minimum absolute atomic E-state index is 0.00678. The minimum Gasteiger partial charge on any atom is -0.458 e. The molecule has 0 saturated carbocycles. The van der Waals surface area contributed by atoms with Crippen LogP contribution in [-0.4, -0.2) is 24.8 Å². The van der Waals surface area contributed by atoms with Crippen LogP contribution in [0.1, 0.15) is 5.56 Å². The first-order valence-electron chi connectivity index (χ1n) is 4.89. The molecule has 1 fully saturated rings. The molecule has 0 aromatic heterocycles. The van der Waals surface area contributed by atoms with E-state index >= 15 is 0 Å². The van der Waals surface area contributed by atoms with Gasteiger partial charge in [-0.25, -0.2) is 14.0 Å². The summed E-state index contributed by atoms with van der Waals surface area (Å²) in [5, 5.41) is 0. The Hall–Kier alpha value is -2.11. The Morgan fingerprint density at radius 1 is 1.41 bits per heavy atom. The second-order valence-corrected chi connectivity index (χ2v) is 3.40. The molecule has 5 nitrogen and oxygen atoms in total. The summed E-state index contributed by atoms with van der Waals surface area (Å²) in [6, 6.07) is 5.53. The minimum atomic E-state index is -1.01. The Labute approximate surface area is 96.1 Å². The molecule has 0 amide bonds. The molecule has 0 bridgehead atoms. The molecule has 1 heterocycles. The lowest BCUT2D eigenvalue weighted by Gasteiger charge is -2.07. The van der Waals surface area contributed by atoms with E-state index in [-0.39, 0.29) is 19.0 Å². The molecule has 1 saturated heterocycles. The van der Waals surface area contributed by atoms with Crippen LogP contribution in [0.15, 0.2) is 24.3 Å². The molecule has 1 aliphatic heterocycles. The number of carbonyl (C=O) groups is 2. The first-order chi connectivity index (χ1) is 8.15. The number of ether oxygens (including phenoxy) is 3. The maximum absolute atomic E-state index is 12.6. The second kappa shape index (κ2) is 4.82. The number of esters is 1. The third kappa shape index (κ3) is 2.93. The molecule has 17 heavy (non-hydrogen) atoms. The van der Waals surface area contributed by atoms with E-state index in [4.69, 9.17) is 4.74 Å². The van der Waals surface area contributed by atoms with Gasteiger partial charge in [-0.15, -0.1) is 0 Å². The van der Waals surface area contributed by atoms with Crippen LogP contribution in [0, 0.1) is 5.82 Å². The first-order valence-corrected chi connectivity index (χ1v) is 4.89. The van der Waals surface area contributed by atoms with Crippen LogP contribution in [0.3, 0.4) is 0 Å². The van der Waals surface area contributed by atoms with E-state index in [2.05, 4.69) is 9.47 Å². The van der Waals surface area contributed by atoms with Gasteiger partial charge in [-0.3, -0.25) is 0 Å². The largest absolute Gasteiger partial charge is 0.509 e. The Morgan fingerprint density at radius 2 is 2.12 bits per heavy atom. The topological polar surface area (TPSA) is 61.8 Å². The SMILES string of the molecule is O=C1OCC(C(=O)OCc2ccc(F)cc2)O1. The Kier molecular flexibility index (Phi) is 3.22. The molecule has 1 aliphatic rings. The number of cyclic esters (lactones) is 2. The Bertz CT molecular complexity index is 428. The molecule has 1 unspecified atom stereocenters. The summed E-state index contributed by atoms with van der Waals surface area (Å²) in [5.41, 5.74) is 0.644. The van der Waals surface area contributed by atoms with E-state index in [0.717, 1.165) is 0 Å². The number of carbonyl (C=O) groups excluding carboxylic acids is 2. The summed E-state index contributed by atoms with van der Waals surface area (Å²) in [6.45, 7) is -0.145. The Morgan fingerprint density at radius 3 is 2.71 bits per heavy atom. The van der Waals surface area contributed by atoms with Crippen molar-refractivity contribution < 1.29 is 28.2 Å². The van der Waals surface area contributed by atoms with Gasteiger partial charge in [-0.1, -0.05) is 12.1 Å². The smallest absolute Gasteiger partial charge is 0.458 e. The summed E-state index contributed by atoms with van der Waals surface area (Å²) in [7, 11) is 0. The lowest BCUT2D eigenvalue weighted by Crippen LogP contribution is -2.25. The summed E-state index contributed by atoms with van der Waals surface area (Å²) < 4.78 is 26.5.